The van der Waals surface area contributed by atoms with Crippen molar-refractivity contribution in [2.45, 2.75) is 33.7 Å². The summed E-state index contributed by atoms with van der Waals surface area (Å²) in [4.78, 5) is 39.5. The van der Waals surface area contributed by atoms with Crippen LogP contribution in [0.15, 0.2) is 24.3 Å². The van der Waals surface area contributed by atoms with Gasteiger partial charge in [0.1, 0.15) is 0 Å². The molecule has 3 N–H and O–H groups in total. The van der Waals surface area contributed by atoms with Crippen LogP contribution in [0.3, 0.4) is 0 Å². The van der Waals surface area contributed by atoms with Crippen LogP contribution in [0.4, 0.5) is 5.69 Å². The number of rotatable bonds is 7. The van der Waals surface area contributed by atoms with Crippen LogP contribution in [0, 0.1) is 13.8 Å². The second kappa shape index (κ2) is 8.53. The fourth-order valence-corrected chi connectivity index (χ4v) is 2.90. The average molecular weight is 371 g/mol. The normalized spacial score (nSPS) is 11.6. The van der Waals surface area contributed by atoms with E-state index in [0.717, 1.165) is 5.69 Å². The van der Waals surface area contributed by atoms with Gasteiger partial charge in [0, 0.05) is 24.0 Å². The lowest BCUT2D eigenvalue weighted by Crippen LogP contribution is -2.27. The smallest absolute Gasteiger partial charge is 0.340 e. The van der Waals surface area contributed by atoms with Crippen molar-refractivity contribution in [3.63, 3.8) is 0 Å². The molecule has 0 unspecified atom stereocenters. The lowest BCUT2D eigenvalue weighted by Gasteiger charge is -2.14. The number of nitrogens with one attached hydrogen (secondary N) is 3. The van der Waals surface area contributed by atoms with E-state index in [1.165, 1.54) is 0 Å². The number of benzene rings is 1. The summed E-state index contributed by atoms with van der Waals surface area (Å²) in [5, 5.41) is 5.67. The monoisotopic (exact) mass is 371 g/mol. The maximum atomic E-state index is 12.8. The number of amides is 1. The first-order chi connectivity index (χ1) is 12.8. The predicted molar refractivity (Wildman–Crippen MR) is 103 cm³/mol. The molecule has 2 aromatic rings. The van der Waals surface area contributed by atoms with Gasteiger partial charge in [-0.15, -0.1) is 0 Å². The number of Topliss-reactive ketones (excluding diaryl/α,β-unsaturated/α-hetero) is 1. The summed E-state index contributed by atoms with van der Waals surface area (Å²) in [5.41, 5.74) is 3.24. The Morgan fingerprint density at radius 1 is 1.15 bits per heavy atom. The lowest BCUT2D eigenvalue weighted by atomic mass is 10.0. The van der Waals surface area contributed by atoms with E-state index in [4.69, 9.17) is 4.74 Å². The van der Waals surface area contributed by atoms with Crippen molar-refractivity contribution in [3.8, 4) is 0 Å². The van der Waals surface area contributed by atoms with Crippen molar-refractivity contribution in [1.82, 2.24) is 10.3 Å². The molecule has 144 valence electrons. The molecule has 0 bridgehead atoms. The number of hydrogen-bond donors (Lipinski definition) is 3. The molecule has 7 nitrogen and oxygen atoms in total. The summed E-state index contributed by atoms with van der Waals surface area (Å²) in [5.74, 6) is -0.774. The van der Waals surface area contributed by atoms with Gasteiger partial charge in [-0.25, -0.2) is 4.79 Å². The second-order valence-corrected chi connectivity index (χ2v) is 6.23. The highest BCUT2D eigenvalue weighted by atomic mass is 16.5. The van der Waals surface area contributed by atoms with Gasteiger partial charge in [0.05, 0.1) is 23.9 Å². The van der Waals surface area contributed by atoms with Gasteiger partial charge in [-0.2, -0.15) is 0 Å². The van der Waals surface area contributed by atoms with E-state index in [0.29, 0.717) is 28.1 Å². The minimum Gasteiger partial charge on any atom is -0.462 e. The van der Waals surface area contributed by atoms with Gasteiger partial charge >= 0.3 is 5.97 Å². The zero-order chi connectivity index (χ0) is 20.1. The van der Waals surface area contributed by atoms with E-state index in [-0.39, 0.29) is 18.3 Å². The van der Waals surface area contributed by atoms with Crippen LogP contribution in [-0.4, -0.2) is 42.3 Å². The Bertz CT molecular complexity index is 853. The number of anilines is 1. The first-order valence-corrected chi connectivity index (χ1v) is 8.79. The van der Waals surface area contributed by atoms with Gasteiger partial charge in [-0.3, -0.25) is 9.59 Å². The highest BCUT2D eigenvalue weighted by Crippen LogP contribution is 2.21. The van der Waals surface area contributed by atoms with Gasteiger partial charge < -0.3 is 20.4 Å². The summed E-state index contributed by atoms with van der Waals surface area (Å²) >= 11 is 0. The van der Waals surface area contributed by atoms with Crippen molar-refractivity contribution >= 4 is 23.3 Å². The third-order valence-corrected chi connectivity index (χ3v) is 4.31. The molecule has 0 aliphatic rings. The van der Waals surface area contributed by atoms with Crippen LogP contribution in [-0.2, 0) is 4.74 Å². The number of aryl methyl sites for hydroxylation is 1. The van der Waals surface area contributed by atoms with Crippen LogP contribution in [0.2, 0.25) is 0 Å². The molecule has 1 aromatic heterocycles. The number of ether oxygens (including phenoxy) is 1. The number of ketones is 1. The largest absolute Gasteiger partial charge is 0.462 e. The second-order valence-electron chi connectivity index (χ2n) is 6.23. The quantitative estimate of drug-likeness (QED) is 0.513. The Kier molecular flexibility index (Phi) is 6.39. The molecule has 2 rings (SSSR count). The maximum Gasteiger partial charge on any atom is 0.340 e. The predicted octanol–water partition coefficient (Wildman–Crippen LogP) is 2.85. The van der Waals surface area contributed by atoms with Gasteiger partial charge in [-0.05, 0) is 57.5 Å². The van der Waals surface area contributed by atoms with E-state index in [1.807, 2.05) is 0 Å². The third kappa shape index (κ3) is 4.36. The molecular formula is C20H25N3O4. The summed E-state index contributed by atoms with van der Waals surface area (Å²) in [6.45, 7) is 7.23. The van der Waals surface area contributed by atoms with Crippen molar-refractivity contribution in [3.05, 3.63) is 52.3 Å². The van der Waals surface area contributed by atoms with Gasteiger partial charge in [-0.1, -0.05) is 0 Å². The van der Waals surface area contributed by atoms with Crippen LogP contribution < -0.4 is 10.6 Å². The molecule has 7 heteroatoms. The Hall–Kier alpha value is -3.09. The maximum absolute atomic E-state index is 12.8. The molecule has 1 atom stereocenters. The number of aromatic nitrogens is 1. The summed E-state index contributed by atoms with van der Waals surface area (Å²) in [6.07, 6.45) is 0. The number of carbonyl (C=O) groups is 3. The zero-order valence-corrected chi connectivity index (χ0v) is 16.2. The number of H-pyrrole nitrogens is 1. The van der Waals surface area contributed by atoms with E-state index >= 15 is 0 Å². The fourth-order valence-electron chi connectivity index (χ4n) is 2.90. The topological polar surface area (TPSA) is 100 Å². The summed E-state index contributed by atoms with van der Waals surface area (Å²) in [7, 11) is 1.57. The molecule has 0 saturated carbocycles. The number of esters is 1. The number of aromatic amines is 1. The van der Waals surface area contributed by atoms with E-state index in [9.17, 15) is 14.4 Å². The fraction of sp³-hybridized carbons (Fsp3) is 0.350. The third-order valence-electron chi connectivity index (χ3n) is 4.31. The van der Waals surface area contributed by atoms with Crippen LogP contribution in [0.5, 0.6) is 0 Å². The molecule has 1 aromatic carbocycles. The standard InChI is InChI=1S/C20H25N3O4/c1-6-27-20(26)16-11(2)17(23-12(16)3)18(24)13(4)22-15-9-7-14(8-10-15)19(25)21-5/h7-10,13,22-23H,6H2,1-5H3,(H,21,25)/t13-/m1/s1. The van der Waals surface area contributed by atoms with E-state index in [2.05, 4.69) is 15.6 Å². The van der Waals surface area contributed by atoms with Crippen molar-refractivity contribution in [2.24, 2.45) is 0 Å². The molecular weight excluding hydrogens is 346 g/mol. The van der Waals surface area contributed by atoms with Crippen molar-refractivity contribution in [2.75, 3.05) is 19.0 Å². The number of hydrogen-bond acceptors (Lipinski definition) is 5. The SMILES string of the molecule is CCOC(=O)c1c(C)[nH]c(C(=O)[C@@H](C)Nc2ccc(C(=O)NC)cc2)c1C. The highest BCUT2D eigenvalue weighted by Gasteiger charge is 2.25. The van der Waals surface area contributed by atoms with Crippen LogP contribution in [0.25, 0.3) is 0 Å². The van der Waals surface area contributed by atoms with Gasteiger partial charge in [0.2, 0.25) is 5.78 Å². The van der Waals surface area contributed by atoms with Gasteiger partial charge in [0.25, 0.3) is 5.91 Å². The minimum atomic E-state index is -0.525. The average Bonchev–Trinajstić information content (AvgIpc) is 2.95. The minimum absolute atomic E-state index is 0.165. The molecule has 0 fully saturated rings. The van der Waals surface area contributed by atoms with Gasteiger partial charge in [0.15, 0.2) is 0 Å². The summed E-state index contributed by atoms with van der Waals surface area (Å²) in [6, 6.07) is 6.32. The Labute approximate surface area is 158 Å². The summed E-state index contributed by atoms with van der Waals surface area (Å²) < 4.78 is 5.06. The Morgan fingerprint density at radius 3 is 2.33 bits per heavy atom. The van der Waals surface area contributed by atoms with Crippen LogP contribution >= 0.6 is 0 Å². The Balaban J connectivity index is 2.17. The molecule has 0 saturated heterocycles. The molecule has 0 aliphatic carbocycles. The highest BCUT2D eigenvalue weighted by molar-refractivity contribution is 6.04. The molecule has 1 amide bonds. The first-order valence-electron chi connectivity index (χ1n) is 8.79. The molecule has 0 spiro atoms. The molecule has 1 heterocycles. The molecule has 0 radical (unpaired) electrons. The lowest BCUT2D eigenvalue weighted by molar-refractivity contribution is 0.0524. The van der Waals surface area contributed by atoms with Crippen molar-refractivity contribution in [1.29, 1.82) is 0 Å². The van der Waals surface area contributed by atoms with Crippen LogP contribution in [0.1, 0.15) is 56.3 Å². The molecule has 0 aliphatic heterocycles. The first kappa shape index (κ1) is 20.2. The molecule has 27 heavy (non-hydrogen) atoms. The zero-order valence-electron chi connectivity index (χ0n) is 16.2. The number of carbonyl (C=O) groups excluding carboxylic acids is 3. The van der Waals surface area contributed by atoms with E-state index in [1.54, 1.807) is 59.0 Å². The van der Waals surface area contributed by atoms with E-state index < -0.39 is 12.0 Å². The Morgan fingerprint density at radius 2 is 1.78 bits per heavy atom. The van der Waals surface area contributed by atoms with Crippen molar-refractivity contribution < 1.29 is 19.1 Å².